The first-order valence-electron chi connectivity index (χ1n) is 25.6. The first kappa shape index (κ1) is 57.4. The highest BCUT2D eigenvalue weighted by molar-refractivity contribution is 5.71. The number of hydrogen-bond acceptors (Lipinski definition) is 6. The summed E-state index contributed by atoms with van der Waals surface area (Å²) in [4.78, 5) is 37.9. The molecule has 0 saturated heterocycles. The summed E-state index contributed by atoms with van der Waals surface area (Å²) in [6.45, 7) is 6.57. The lowest BCUT2D eigenvalue weighted by molar-refractivity contribution is -0.167. The van der Waals surface area contributed by atoms with Crippen LogP contribution in [-0.4, -0.2) is 37.2 Å². The summed E-state index contributed by atoms with van der Waals surface area (Å²) in [6, 6.07) is 0. The second-order valence-electron chi connectivity index (χ2n) is 17.1. The van der Waals surface area contributed by atoms with Gasteiger partial charge in [0.25, 0.3) is 0 Å². The van der Waals surface area contributed by atoms with E-state index in [0.29, 0.717) is 19.3 Å². The van der Waals surface area contributed by atoms with E-state index in [-0.39, 0.29) is 37.5 Å². The Morgan fingerprint density at radius 3 is 1.03 bits per heavy atom. The lowest BCUT2D eigenvalue weighted by atomic mass is 10.0. The Morgan fingerprint density at radius 1 is 0.333 bits per heavy atom. The van der Waals surface area contributed by atoms with Gasteiger partial charge in [-0.3, -0.25) is 14.4 Å². The monoisotopic (exact) mass is 841 g/mol. The number of hydrogen-bond donors (Lipinski definition) is 0. The van der Waals surface area contributed by atoms with Crippen LogP contribution in [0.2, 0.25) is 0 Å². The molecular formula is C54H96O6. The van der Waals surface area contributed by atoms with Crippen molar-refractivity contribution in [1.29, 1.82) is 0 Å². The lowest BCUT2D eigenvalue weighted by Gasteiger charge is -2.18. The van der Waals surface area contributed by atoms with Crippen LogP contribution < -0.4 is 0 Å². The van der Waals surface area contributed by atoms with Gasteiger partial charge in [-0.05, 0) is 77.0 Å². The normalized spacial score (nSPS) is 12.4. The van der Waals surface area contributed by atoms with Crippen molar-refractivity contribution in [3.63, 3.8) is 0 Å². The molecule has 0 N–H and O–H groups in total. The van der Waals surface area contributed by atoms with Gasteiger partial charge in [0.2, 0.25) is 0 Å². The molecule has 0 heterocycles. The average molecular weight is 841 g/mol. The van der Waals surface area contributed by atoms with E-state index in [1.54, 1.807) is 0 Å². The van der Waals surface area contributed by atoms with Gasteiger partial charge >= 0.3 is 17.9 Å². The summed E-state index contributed by atoms with van der Waals surface area (Å²) < 4.78 is 16.7. The molecule has 0 bridgehead atoms. The second kappa shape index (κ2) is 49.0. The third kappa shape index (κ3) is 46.4. The van der Waals surface area contributed by atoms with Gasteiger partial charge in [0.05, 0.1) is 0 Å². The fraction of sp³-hybridized carbons (Fsp3) is 0.796. The maximum absolute atomic E-state index is 12.8. The molecule has 0 aromatic heterocycles. The lowest BCUT2D eigenvalue weighted by Crippen LogP contribution is -2.30. The molecule has 0 saturated carbocycles. The van der Waals surface area contributed by atoms with E-state index in [9.17, 15) is 14.4 Å². The number of carbonyl (C=O) groups excluding carboxylic acids is 3. The third-order valence-corrected chi connectivity index (χ3v) is 11.1. The maximum Gasteiger partial charge on any atom is 0.306 e. The van der Waals surface area contributed by atoms with Crippen molar-refractivity contribution in [2.24, 2.45) is 0 Å². The second-order valence-corrected chi connectivity index (χ2v) is 17.1. The summed E-state index contributed by atoms with van der Waals surface area (Å²) in [5.74, 6) is -0.948. The molecule has 0 amide bonds. The van der Waals surface area contributed by atoms with Crippen LogP contribution >= 0.6 is 0 Å². The van der Waals surface area contributed by atoms with Crippen molar-refractivity contribution in [2.45, 2.75) is 264 Å². The zero-order valence-corrected chi connectivity index (χ0v) is 39.7. The number of rotatable bonds is 46. The third-order valence-electron chi connectivity index (χ3n) is 11.1. The molecule has 348 valence electrons. The fourth-order valence-electron chi connectivity index (χ4n) is 7.16. The number of carbonyl (C=O) groups is 3. The molecule has 6 nitrogen and oxygen atoms in total. The Morgan fingerprint density at radius 2 is 0.617 bits per heavy atom. The average Bonchev–Trinajstić information content (AvgIpc) is 3.24. The van der Waals surface area contributed by atoms with Gasteiger partial charge < -0.3 is 14.2 Å². The predicted molar refractivity (Wildman–Crippen MR) is 256 cm³/mol. The van der Waals surface area contributed by atoms with Crippen LogP contribution in [0.5, 0.6) is 0 Å². The molecule has 0 fully saturated rings. The SMILES string of the molecule is CCCCCC/C=C\CCCCCCCC(=O)O[C@H](COC(=O)CCC/C=C\C/C=C\C/C=C\CCCCCCCC)COC(=O)CCCCCCCCCCCCCC. The van der Waals surface area contributed by atoms with Crippen molar-refractivity contribution in [2.75, 3.05) is 13.2 Å². The standard InChI is InChI=1S/C54H96O6/c1-4-7-10-13-16-19-22-25-26-27-28-30-32-35-38-41-44-47-53(56)59-50-51(49-58-52(55)46-43-40-37-34-31-24-21-18-15-12-9-6-3)60-54(57)48-45-42-39-36-33-29-23-20-17-14-11-8-5-2/h20,23,25-26,28,30,35,38,51H,4-19,21-22,24,27,29,31-34,36-37,39-50H2,1-3H3/b23-20-,26-25-,30-28-,38-35-/t51-/m0/s1. The molecular weight excluding hydrogens is 745 g/mol. The topological polar surface area (TPSA) is 78.9 Å². The van der Waals surface area contributed by atoms with Crippen molar-refractivity contribution < 1.29 is 28.6 Å². The van der Waals surface area contributed by atoms with Gasteiger partial charge in [0.1, 0.15) is 13.2 Å². The molecule has 60 heavy (non-hydrogen) atoms. The largest absolute Gasteiger partial charge is 0.462 e. The van der Waals surface area contributed by atoms with Crippen LogP contribution in [0.3, 0.4) is 0 Å². The first-order valence-corrected chi connectivity index (χ1v) is 25.6. The van der Waals surface area contributed by atoms with Crippen molar-refractivity contribution >= 4 is 17.9 Å². The Bertz CT molecular complexity index is 1060. The minimum absolute atomic E-state index is 0.0899. The van der Waals surface area contributed by atoms with Crippen LogP contribution in [0, 0.1) is 0 Å². The highest BCUT2D eigenvalue weighted by Crippen LogP contribution is 2.14. The van der Waals surface area contributed by atoms with E-state index in [1.807, 2.05) is 0 Å². The van der Waals surface area contributed by atoms with Gasteiger partial charge in [-0.1, -0.05) is 211 Å². The van der Waals surface area contributed by atoms with Crippen LogP contribution in [-0.2, 0) is 28.6 Å². The molecule has 6 heteroatoms. The van der Waals surface area contributed by atoms with Crippen molar-refractivity contribution in [3.05, 3.63) is 48.6 Å². The van der Waals surface area contributed by atoms with E-state index < -0.39 is 6.10 Å². The Labute approximate surface area is 371 Å². The molecule has 0 unspecified atom stereocenters. The zero-order chi connectivity index (χ0) is 43.7. The van der Waals surface area contributed by atoms with Gasteiger partial charge in [-0.25, -0.2) is 0 Å². The summed E-state index contributed by atoms with van der Waals surface area (Å²) in [5, 5.41) is 0. The fourth-order valence-corrected chi connectivity index (χ4v) is 7.16. The Kier molecular flexibility index (Phi) is 46.9. The molecule has 0 aromatic carbocycles. The molecule has 0 aliphatic heterocycles. The minimum Gasteiger partial charge on any atom is -0.462 e. The van der Waals surface area contributed by atoms with E-state index in [2.05, 4.69) is 69.4 Å². The van der Waals surface area contributed by atoms with Crippen molar-refractivity contribution in [3.8, 4) is 0 Å². The van der Waals surface area contributed by atoms with Crippen LogP contribution in [0.25, 0.3) is 0 Å². The molecule has 0 radical (unpaired) electrons. The summed E-state index contributed by atoms with van der Waals surface area (Å²) >= 11 is 0. The van der Waals surface area contributed by atoms with Crippen LogP contribution in [0.15, 0.2) is 48.6 Å². The van der Waals surface area contributed by atoms with E-state index in [0.717, 1.165) is 70.6 Å². The highest BCUT2D eigenvalue weighted by atomic mass is 16.6. The van der Waals surface area contributed by atoms with Crippen molar-refractivity contribution in [1.82, 2.24) is 0 Å². The van der Waals surface area contributed by atoms with E-state index in [4.69, 9.17) is 14.2 Å². The van der Waals surface area contributed by atoms with Crippen LogP contribution in [0.1, 0.15) is 258 Å². The van der Waals surface area contributed by atoms with Gasteiger partial charge in [0.15, 0.2) is 6.10 Å². The van der Waals surface area contributed by atoms with Gasteiger partial charge in [-0.2, -0.15) is 0 Å². The minimum atomic E-state index is -0.793. The number of allylic oxidation sites excluding steroid dienone is 8. The molecule has 0 aliphatic carbocycles. The number of esters is 3. The number of ether oxygens (including phenoxy) is 3. The summed E-state index contributed by atoms with van der Waals surface area (Å²) in [5.41, 5.74) is 0. The summed E-state index contributed by atoms with van der Waals surface area (Å²) in [7, 11) is 0. The quantitative estimate of drug-likeness (QED) is 0.0263. The molecule has 0 rings (SSSR count). The number of unbranched alkanes of at least 4 members (excludes halogenated alkanes) is 27. The molecule has 0 aliphatic rings. The van der Waals surface area contributed by atoms with E-state index >= 15 is 0 Å². The first-order chi connectivity index (χ1) is 29.5. The zero-order valence-electron chi connectivity index (χ0n) is 39.7. The molecule has 0 aromatic rings. The van der Waals surface area contributed by atoms with Gasteiger partial charge in [0, 0.05) is 19.3 Å². The Balaban J connectivity index is 4.44. The predicted octanol–water partition coefficient (Wildman–Crippen LogP) is 16.7. The maximum atomic E-state index is 12.8. The van der Waals surface area contributed by atoms with E-state index in [1.165, 1.54) is 141 Å². The molecule has 0 spiro atoms. The highest BCUT2D eigenvalue weighted by Gasteiger charge is 2.19. The smallest absolute Gasteiger partial charge is 0.306 e. The molecule has 1 atom stereocenters. The summed E-state index contributed by atoms with van der Waals surface area (Å²) in [6.07, 6.45) is 58.1. The van der Waals surface area contributed by atoms with Crippen LogP contribution in [0.4, 0.5) is 0 Å². The Hall–Kier alpha value is -2.63. The van der Waals surface area contributed by atoms with Gasteiger partial charge in [-0.15, -0.1) is 0 Å².